The zero-order valence-corrected chi connectivity index (χ0v) is 15.2. The van der Waals surface area contributed by atoms with Gasteiger partial charge in [-0.2, -0.15) is 0 Å². The first-order valence-corrected chi connectivity index (χ1v) is 8.38. The number of hydrogen-bond donors (Lipinski definition) is 2. The van der Waals surface area contributed by atoms with Crippen molar-refractivity contribution in [3.63, 3.8) is 0 Å². The van der Waals surface area contributed by atoms with E-state index in [-0.39, 0.29) is 24.2 Å². The van der Waals surface area contributed by atoms with Crippen LogP contribution in [0.15, 0.2) is 48.5 Å². The number of benzene rings is 2. The van der Waals surface area contributed by atoms with Crippen LogP contribution in [-0.4, -0.2) is 31.6 Å². The van der Waals surface area contributed by atoms with Crippen LogP contribution in [0.25, 0.3) is 0 Å². The summed E-state index contributed by atoms with van der Waals surface area (Å²) in [6.07, 6.45) is 0. The van der Waals surface area contributed by atoms with E-state index in [1.54, 1.807) is 12.1 Å². The Balaban J connectivity index is 1.93. The molecule has 2 aromatic rings. The highest BCUT2D eigenvalue weighted by Gasteiger charge is 2.18. The van der Waals surface area contributed by atoms with E-state index in [2.05, 4.69) is 22.5 Å². The predicted octanol–water partition coefficient (Wildman–Crippen LogP) is 1.99. The maximum atomic E-state index is 13.1. The van der Waals surface area contributed by atoms with E-state index in [1.165, 1.54) is 26.2 Å². The summed E-state index contributed by atoms with van der Waals surface area (Å²) in [4.78, 5) is 23.3. The molecule has 0 radical (unpaired) electrons. The second kappa shape index (κ2) is 10.1. The number of ether oxygens (including phenoxy) is 1. The molecule has 2 N–H and O–H groups in total. The minimum Gasteiger partial charge on any atom is -0.382 e. The highest BCUT2D eigenvalue weighted by molar-refractivity contribution is 5.86. The van der Waals surface area contributed by atoms with Crippen LogP contribution in [0.5, 0.6) is 0 Å². The Morgan fingerprint density at radius 1 is 1.11 bits per heavy atom. The average Bonchev–Trinajstić information content (AvgIpc) is 2.64. The summed E-state index contributed by atoms with van der Waals surface area (Å²) in [7, 11) is 1.46. The van der Waals surface area contributed by atoms with Crippen molar-refractivity contribution in [3.05, 3.63) is 71.0 Å². The van der Waals surface area contributed by atoms with Crippen LogP contribution in [0, 0.1) is 17.7 Å². The molecule has 0 unspecified atom stereocenters. The summed E-state index contributed by atoms with van der Waals surface area (Å²) >= 11 is 0. The lowest BCUT2D eigenvalue weighted by atomic mass is 10.1. The standard InChI is InChI=1S/C21H21FN2O3/c1-15(25)24-20(14-27-2)21(26)23-13-18-10-7-16(8-11-18)6-9-17-4-3-5-19(22)12-17/h3-5,7-8,10-12,20H,13-14H2,1-2H3,(H,23,26)(H,24,25)/t20-/m1/s1. The SMILES string of the molecule is COC[C@@H](NC(C)=O)C(=O)NCc1ccc(C#Cc2cccc(F)c2)cc1. The molecule has 0 aromatic heterocycles. The number of halogens is 1. The Morgan fingerprint density at radius 2 is 1.81 bits per heavy atom. The molecule has 140 valence electrons. The zero-order valence-electron chi connectivity index (χ0n) is 15.2. The molecular weight excluding hydrogens is 347 g/mol. The first-order chi connectivity index (χ1) is 13.0. The number of amides is 2. The van der Waals surface area contributed by atoms with Crippen molar-refractivity contribution in [1.29, 1.82) is 0 Å². The van der Waals surface area contributed by atoms with Crippen LogP contribution < -0.4 is 10.6 Å². The summed E-state index contributed by atoms with van der Waals surface area (Å²) in [5, 5.41) is 5.30. The maximum absolute atomic E-state index is 13.1. The van der Waals surface area contributed by atoms with Crippen LogP contribution in [0.3, 0.4) is 0 Å². The van der Waals surface area contributed by atoms with Crippen LogP contribution in [0.2, 0.25) is 0 Å². The van der Waals surface area contributed by atoms with E-state index in [0.29, 0.717) is 12.1 Å². The largest absolute Gasteiger partial charge is 0.382 e. The molecule has 0 bridgehead atoms. The lowest BCUT2D eigenvalue weighted by Crippen LogP contribution is -2.48. The molecule has 27 heavy (non-hydrogen) atoms. The minimum atomic E-state index is -0.732. The molecular formula is C21H21FN2O3. The van der Waals surface area contributed by atoms with E-state index < -0.39 is 6.04 Å². The number of carbonyl (C=O) groups is 2. The lowest BCUT2D eigenvalue weighted by Gasteiger charge is -2.16. The second-order valence-electron chi connectivity index (χ2n) is 5.88. The van der Waals surface area contributed by atoms with Crippen molar-refractivity contribution in [2.45, 2.75) is 19.5 Å². The molecule has 5 nitrogen and oxygen atoms in total. The molecule has 0 saturated carbocycles. The van der Waals surface area contributed by atoms with Crippen LogP contribution in [0.4, 0.5) is 4.39 Å². The van der Waals surface area contributed by atoms with E-state index in [4.69, 9.17) is 4.74 Å². The van der Waals surface area contributed by atoms with E-state index in [1.807, 2.05) is 24.3 Å². The van der Waals surface area contributed by atoms with Gasteiger partial charge >= 0.3 is 0 Å². The third-order valence-electron chi connectivity index (χ3n) is 3.62. The Morgan fingerprint density at radius 3 is 2.44 bits per heavy atom. The molecule has 2 aromatic carbocycles. The average molecular weight is 368 g/mol. The molecule has 0 saturated heterocycles. The molecule has 0 fully saturated rings. The molecule has 1 atom stereocenters. The third kappa shape index (κ3) is 6.92. The minimum absolute atomic E-state index is 0.0972. The fourth-order valence-electron chi connectivity index (χ4n) is 2.32. The monoisotopic (exact) mass is 368 g/mol. The first-order valence-electron chi connectivity index (χ1n) is 8.38. The third-order valence-corrected chi connectivity index (χ3v) is 3.62. The van der Waals surface area contributed by atoms with Gasteiger partial charge in [0.1, 0.15) is 11.9 Å². The van der Waals surface area contributed by atoms with Crippen molar-refractivity contribution >= 4 is 11.8 Å². The fraction of sp³-hybridized carbons (Fsp3) is 0.238. The van der Waals surface area contributed by atoms with E-state index in [0.717, 1.165) is 11.1 Å². The van der Waals surface area contributed by atoms with Gasteiger partial charge < -0.3 is 15.4 Å². The molecule has 2 rings (SSSR count). The number of hydrogen-bond acceptors (Lipinski definition) is 3. The van der Waals surface area contributed by atoms with Crippen molar-refractivity contribution in [1.82, 2.24) is 10.6 Å². The smallest absolute Gasteiger partial charge is 0.245 e. The Bertz CT molecular complexity index is 854. The van der Waals surface area contributed by atoms with Crippen molar-refractivity contribution in [2.24, 2.45) is 0 Å². The maximum Gasteiger partial charge on any atom is 0.245 e. The number of carbonyl (C=O) groups excluding carboxylic acids is 2. The normalized spacial score (nSPS) is 11.1. The molecule has 2 amide bonds. The highest BCUT2D eigenvalue weighted by Crippen LogP contribution is 2.05. The molecule has 0 aliphatic rings. The zero-order chi connectivity index (χ0) is 19.6. The summed E-state index contributed by atoms with van der Waals surface area (Å²) in [6, 6.07) is 12.7. The van der Waals surface area contributed by atoms with Gasteiger partial charge in [-0.25, -0.2) is 4.39 Å². The van der Waals surface area contributed by atoms with Crippen LogP contribution in [-0.2, 0) is 20.9 Å². The Labute approximate surface area is 157 Å². The van der Waals surface area contributed by atoms with Crippen molar-refractivity contribution in [3.8, 4) is 11.8 Å². The summed E-state index contributed by atoms with van der Waals surface area (Å²) in [6.45, 7) is 1.76. The second-order valence-corrected chi connectivity index (χ2v) is 5.88. The van der Waals surface area contributed by atoms with E-state index in [9.17, 15) is 14.0 Å². The first kappa shape index (κ1) is 20.1. The van der Waals surface area contributed by atoms with Crippen LogP contribution >= 0.6 is 0 Å². The van der Waals surface area contributed by atoms with Gasteiger partial charge in [-0.1, -0.05) is 30.0 Å². The van der Waals surface area contributed by atoms with Gasteiger partial charge in [-0.3, -0.25) is 9.59 Å². The highest BCUT2D eigenvalue weighted by atomic mass is 19.1. The van der Waals surface area contributed by atoms with Crippen molar-refractivity contribution < 1.29 is 18.7 Å². The van der Waals surface area contributed by atoms with Gasteiger partial charge in [0.05, 0.1) is 6.61 Å². The summed E-state index contributed by atoms with van der Waals surface area (Å²) in [5.74, 6) is 4.94. The Hall–Kier alpha value is -3.17. The topological polar surface area (TPSA) is 67.4 Å². The van der Waals surface area contributed by atoms with Gasteiger partial charge in [0.15, 0.2) is 0 Å². The van der Waals surface area contributed by atoms with Gasteiger partial charge in [0.25, 0.3) is 0 Å². The number of methoxy groups -OCH3 is 1. The number of rotatable bonds is 6. The lowest BCUT2D eigenvalue weighted by molar-refractivity contribution is -0.129. The molecule has 0 aliphatic carbocycles. The Kier molecular flexibility index (Phi) is 7.53. The van der Waals surface area contributed by atoms with Crippen molar-refractivity contribution in [2.75, 3.05) is 13.7 Å². The van der Waals surface area contributed by atoms with E-state index >= 15 is 0 Å². The molecule has 0 spiro atoms. The van der Waals surface area contributed by atoms with Gasteiger partial charge in [-0.05, 0) is 35.9 Å². The predicted molar refractivity (Wildman–Crippen MR) is 100 cm³/mol. The quantitative estimate of drug-likeness (QED) is 0.767. The summed E-state index contributed by atoms with van der Waals surface area (Å²) < 4.78 is 18.1. The summed E-state index contributed by atoms with van der Waals surface area (Å²) in [5.41, 5.74) is 2.27. The fourth-order valence-corrected chi connectivity index (χ4v) is 2.32. The van der Waals surface area contributed by atoms with Gasteiger partial charge in [0.2, 0.25) is 11.8 Å². The molecule has 0 aliphatic heterocycles. The molecule has 6 heteroatoms. The number of nitrogens with one attached hydrogen (secondary N) is 2. The van der Waals surface area contributed by atoms with Gasteiger partial charge in [-0.15, -0.1) is 0 Å². The molecule has 0 heterocycles. The van der Waals surface area contributed by atoms with Crippen LogP contribution in [0.1, 0.15) is 23.6 Å². The van der Waals surface area contributed by atoms with Gasteiger partial charge in [0, 0.05) is 31.7 Å².